The molecule has 1 aromatic heterocycles. The van der Waals surface area contributed by atoms with Gasteiger partial charge in [-0.05, 0) is 114 Å². The molecule has 0 saturated heterocycles. The Kier molecular flexibility index (Phi) is 6.82. The maximum absolute atomic E-state index is 6.68. The van der Waals surface area contributed by atoms with E-state index in [4.69, 9.17) is 4.42 Å². The van der Waals surface area contributed by atoms with Crippen molar-refractivity contribution in [2.24, 2.45) is 5.92 Å². The van der Waals surface area contributed by atoms with Gasteiger partial charge in [0.2, 0.25) is 0 Å². The van der Waals surface area contributed by atoms with Crippen LogP contribution in [0.3, 0.4) is 0 Å². The van der Waals surface area contributed by atoms with Crippen LogP contribution in [0.15, 0.2) is 168 Å². The summed E-state index contributed by atoms with van der Waals surface area (Å²) in [6.07, 6.45) is 2.40. The highest BCUT2D eigenvalue weighted by Gasteiger charge is 2.35. The molecule has 0 amide bonds. The summed E-state index contributed by atoms with van der Waals surface area (Å²) in [7, 11) is 0. The summed E-state index contributed by atoms with van der Waals surface area (Å²) >= 11 is 0. The largest absolute Gasteiger partial charge is 0.460 e. The molecular weight excluding hydrogens is 617 g/mol. The van der Waals surface area contributed by atoms with Crippen LogP contribution in [0.2, 0.25) is 0 Å². The molecule has 242 valence electrons. The van der Waals surface area contributed by atoms with Gasteiger partial charge in [0.1, 0.15) is 11.3 Å². The first-order valence-electron chi connectivity index (χ1n) is 18.0. The number of furan rings is 1. The molecule has 0 N–H and O–H groups in total. The fourth-order valence-electron chi connectivity index (χ4n) is 8.80. The fraction of sp³-hybridized carbons (Fsp3) is 0.0800. The predicted octanol–water partition coefficient (Wildman–Crippen LogP) is 13.9. The SMILES string of the molecule is Cc1ccccc1C1c2oc3ccccc3c2C=C(c2cccc(-c3c4ccccc4c(-c4ccc5ccccc5c4)c4ccccc34)c2)C1C. The Balaban J connectivity index is 1.19. The Morgan fingerprint density at radius 2 is 1.04 bits per heavy atom. The first-order chi connectivity index (χ1) is 25.1. The Morgan fingerprint density at radius 3 is 1.75 bits per heavy atom. The van der Waals surface area contributed by atoms with Crippen LogP contribution in [-0.2, 0) is 0 Å². The van der Waals surface area contributed by atoms with Crippen molar-refractivity contribution in [1.82, 2.24) is 0 Å². The van der Waals surface area contributed by atoms with E-state index in [0.29, 0.717) is 0 Å². The molecule has 1 heteroatoms. The summed E-state index contributed by atoms with van der Waals surface area (Å²) in [5, 5.41) is 8.76. The molecule has 1 aliphatic carbocycles. The van der Waals surface area contributed by atoms with E-state index in [9.17, 15) is 0 Å². The quantitative estimate of drug-likeness (QED) is 0.172. The third kappa shape index (κ3) is 4.69. The third-order valence-corrected chi connectivity index (χ3v) is 11.2. The van der Waals surface area contributed by atoms with Gasteiger partial charge < -0.3 is 4.42 Å². The van der Waals surface area contributed by atoms with E-state index in [2.05, 4.69) is 184 Å². The zero-order chi connectivity index (χ0) is 34.1. The van der Waals surface area contributed by atoms with Crippen LogP contribution in [0.1, 0.15) is 40.9 Å². The molecule has 2 unspecified atom stereocenters. The molecule has 10 rings (SSSR count). The van der Waals surface area contributed by atoms with Crippen LogP contribution in [-0.4, -0.2) is 0 Å². The number of aryl methyl sites for hydroxylation is 1. The fourth-order valence-corrected chi connectivity index (χ4v) is 8.80. The lowest BCUT2D eigenvalue weighted by atomic mass is 9.72. The van der Waals surface area contributed by atoms with Crippen LogP contribution in [0.4, 0.5) is 0 Å². The van der Waals surface area contributed by atoms with Crippen molar-refractivity contribution in [3.8, 4) is 22.3 Å². The lowest BCUT2D eigenvalue weighted by molar-refractivity contribution is 0.474. The summed E-state index contributed by atoms with van der Waals surface area (Å²) < 4.78 is 6.68. The van der Waals surface area contributed by atoms with Gasteiger partial charge in [0, 0.05) is 16.9 Å². The van der Waals surface area contributed by atoms with E-state index in [-0.39, 0.29) is 11.8 Å². The monoisotopic (exact) mass is 652 g/mol. The molecule has 0 saturated carbocycles. The van der Waals surface area contributed by atoms with Crippen molar-refractivity contribution in [3.63, 3.8) is 0 Å². The standard InChI is InChI=1S/C50H36O/c1-31-14-3-6-19-38(31)47-32(2)44(30-45-39-20-11-12-25-46(39)51-50(45)47)35-17-13-18-36(29-35)48-40-21-7-9-23-42(40)49(43-24-10-8-22-41(43)48)37-27-26-33-15-4-5-16-34(33)28-37/h3-30,32,47H,1-2H3. The van der Waals surface area contributed by atoms with Crippen molar-refractivity contribution in [2.75, 3.05) is 0 Å². The maximum Gasteiger partial charge on any atom is 0.134 e. The average molecular weight is 653 g/mol. The molecule has 0 bridgehead atoms. The molecule has 8 aromatic carbocycles. The zero-order valence-corrected chi connectivity index (χ0v) is 28.7. The molecule has 1 heterocycles. The Hall–Kier alpha value is -6.18. The van der Waals surface area contributed by atoms with Crippen LogP contribution in [0.5, 0.6) is 0 Å². The highest BCUT2D eigenvalue weighted by molar-refractivity contribution is 6.21. The van der Waals surface area contributed by atoms with Gasteiger partial charge in [-0.15, -0.1) is 0 Å². The number of fused-ring (bicyclic) bond motifs is 6. The molecule has 0 aliphatic heterocycles. The van der Waals surface area contributed by atoms with E-state index in [0.717, 1.165) is 11.3 Å². The number of benzene rings is 8. The minimum atomic E-state index is 0.111. The summed E-state index contributed by atoms with van der Waals surface area (Å²) in [6.45, 7) is 4.59. The van der Waals surface area contributed by atoms with Crippen molar-refractivity contribution < 1.29 is 4.42 Å². The Labute approximate surface area is 298 Å². The van der Waals surface area contributed by atoms with Gasteiger partial charge >= 0.3 is 0 Å². The van der Waals surface area contributed by atoms with E-state index >= 15 is 0 Å². The molecule has 2 atom stereocenters. The average Bonchev–Trinajstić information content (AvgIpc) is 3.55. The summed E-state index contributed by atoms with van der Waals surface area (Å²) in [6, 6.07) is 59.9. The normalized spacial score (nSPS) is 15.8. The number of para-hydroxylation sites is 1. The Morgan fingerprint density at radius 1 is 0.471 bits per heavy atom. The second-order valence-corrected chi connectivity index (χ2v) is 14.1. The molecule has 0 fully saturated rings. The molecule has 1 nitrogen and oxygen atoms in total. The second-order valence-electron chi connectivity index (χ2n) is 14.1. The highest BCUT2D eigenvalue weighted by atomic mass is 16.3. The minimum absolute atomic E-state index is 0.111. The molecule has 51 heavy (non-hydrogen) atoms. The molecule has 0 radical (unpaired) electrons. The van der Waals surface area contributed by atoms with Gasteiger partial charge in [0.25, 0.3) is 0 Å². The van der Waals surface area contributed by atoms with Crippen molar-refractivity contribution in [1.29, 1.82) is 0 Å². The Bertz CT molecular complexity index is 2790. The number of hydrogen-bond donors (Lipinski definition) is 0. The topological polar surface area (TPSA) is 13.1 Å². The summed E-state index contributed by atoms with van der Waals surface area (Å²) in [4.78, 5) is 0. The molecule has 1 aliphatic rings. The van der Waals surface area contributed by atoms with E-state index < -0.39 is 0 Å². The van der Waals surface area contributed by atoms with Crippen molar-refractivity contribution in [2.45, 2.75) is 19.8 Å². The van der Waals surface area contributed by atoms with Gasteiger partial charge in [-0.3, -0.25) is 0 Å². The van der Waals surface area contributed by atoms with Crippen LogP contribution in [0.25, 0.3) is 77.2 Å². The van der Waals surface area contributed by atoms with Crippen LogP contribution in [0, 0.1) is 12.8 Å². The molecular formula is C50H36O. The lowest BCUT2D eigenvalue weighted by Gasteiger charge is -2.31. The van der Waals surface area contributed by atoms with Crippen molar-refractivity contribution in [3.05, 3.63) is 192 Å². The van der Waals surface area contributed by atoms with Crippen LogP contribution < -0.4 is 0 Å². The first kappa shape index (κ1) is 29.7. The van der Waals surface area contributed by atoms with Crippen molar-refractivity contribution >= 4 is 54.9 Å². The van der Waals surface area contributed by atoms with Crippen LogP contribution >= 0.6 is 0 Å². The van der Waals surface area contributed by atoms with Gasteiger partial charge in [0.15, 0.2) is 0 Å². The lowest BCUT2D eigenvalue weighted by Crippen LogP contribution is -2.18. The number of hydrogen-bond acceptors (Lipinski definition) is 1. The first-order valence-corrected chi connectivity index (χ1v) is 18.0. The smallest absolute Gasteiger partial charge is 0.134 e. The molecule has 0 spiro atoms. The van der Waals surface area contributed by atoms with Gasteiger partial charge in [-0.1, -0.05) is 153 Å². The maximum atomic E-state index is 6.68. The predicted molar refractivity (Wildman–Crippen MR) is 216 cm³/mol. The minimum Gasteiger partial charge on any atom is -0.460 e. The zero-order valence-electron chi connectivity index (χ0n) is 28.7. The number of rotatable bonds is 4. The van der Waals surface area contributed by atoms with E-state index in [1.54, 1.807) is 0 Å². The summed E-state index contributed by atoms with van der Waals surface area (Å²) in [5.41, 5.74) is 12.4. The van der Waals surface area contributed by atoms with E-state index in [1.165, 1.54) is 87.8 Å². The third-order valence-electron chi connectivity index (χ3n) is 11.2. The number of allylic oxidation sites excluding steroid dienone is 1. The van der Waals surface area contributed by atoms with Gasteiger partial charge in [-0.2, -0.15) is 0 Å². The van der Waals surface area contributed by atoms with Gasteiger partial charge in [-0.25, -0.2) is 0 Å². The highest BCUT2D eigenvalue weighted by Crippen LogP contribution is 2.51. The summed E-state index contributed by atoms with van der Waals surface area (Å²) in [5.74, 6) is 1.39. The second kappa shape index (κ2) is 11.7. The van der Waals surface area contributed by atoms with E-state index in [1.807, 2.05) is 0 Å². The molecule has 9 aromatic rings. The van der Waals surface area contributed by atoms with Gasteiger partial charge in [0.05, 0.1) is 0 Å².